The molecule has 100 valence electrons. The lowest BCUT2D eigenvalue weighted by Gasteiger charge is -2.08. The molecule has 1 aromatic carbocycles. The zero-order chi connectivity index (χ0) is 14.1. The monoisotopic (exact) mass is 257 g/mol. The molecule has 3 heteroatoms. The molecule has 3 nitrogen and oxygen atoms in total. The van der Waals surface area contributed by atoms with Gasteiger partial charge in [-0.05, 0) is 30.2 Å². The van der Waals surface area contributed by atoms with Crippen LogP contribution in [0.2, 0.25) is 0 Å². The molecule has 0 spiro atoms. The Morgan fingerprint density at radius 1 is 1.37 bits per heavy atom. The molecule has 0 aliphatic rings. The lowest BCUT2D eigenvalue weighted by molar-refractivity contribution is 0.281. The van der Waals surface area contributed by atoms with Crippen LogP contribution in [0.25, 0.3) is 0 Å². The quantitative estimate of drug-likeness (QED) is 0.582. The van der Waals surface area contributed by atoms with Gasteiger partial charge < -0.3 is 15.3 Å². The standard InChI is InChI=1S/C16H19NO2/c1-3-5-6-14(4-2)16(17)12-19-15-9-7-13(11-18)8-10-15/h3-10,17-18H,1,11-12H2,2H3. The van der Waals surface area contributed by atoms with E-state index in [9.17, 15) is 0 Å². The van der Waals surface area contributed by atoms with Gasteiger partial charge in [-0.2, -0.15) is 0 Å². The van der Waals surface area contributed by atoms with Crippen molar-refractivity contribution in [3.05, 3.63) is 66.3 Å². The van der Waals surface area contributed by atoms with Crippen LogP contribution in [0.4, 0.5) is 0 Å². The van der Waals surface area contributed by atoms with Gasteiger partial charge in [0.1, 0.15) is 12.4 Å². The van der Waals surface area contributed by atoms with E-state index >= 15 is 0 Å². The molecule has 0 amide bonds. The van der Waals surface area contributed by atoms with Gasteiger partial charge in [-0.15, -0.1) is 0 Å². The van der Waals surface area contributed by atoms with E-state index in [1.807, 2.05) is 19.1 Å². The van der Waals surface area contributed by atoms with Gasteiger partial charge in [0, 0.05) is 0 Å². The summed E-state index contributed by atoms with van der Waals surface area (Å²) in [6, 6.07) is 7.17. The Bertz CT molecular complexity index is 484. The van der Waals surface area contributed by atoms with Gasteiger partial charge in [-0.1, -0.05) is 43.0 Å². The first kappa shape index (κ1) is 14.9. The van der Waals surface area contributed by atoms with Gasteiger partial charge in [0.05, 0.1) is 12.3 Å². The molecule has 1 rings (SSSR count). The lowest BCUT2D eigenvalue weighted by atomic mass is 10.1. The minimum absolute atomic E-state index is 0.0190. The fourth-order valence-electron chi connectivity index (χ4n) is 1.47. The summed E-state index contributed by atoms with van der Waals surface area (Å²) < 4.78 is 5.52. The Morgan fingerprint density at radius 3 is 2.58 bits per heavy atom. The minimum Gasteiger partial charge on any atom is -0.487 e. The highest BCUT2D eigenvalue weighted by molar-refractivity contribution is 6.01. The molecule has 0 atom stereocenters. The zero-order valence-corrected chi connectivity index (χ0v) is 11.1. The molecule has 0 fully saturated rings. The first-order valence-corrected chi connectivity index (χ1v) is 6.07. The van der Waals surface area contributed by atoms with Crippen molar-refractivity contribution in [2.24, 2.45) is 0 Å². The zero-order valence-electron chi connectivity index (χ0n) is 11.1. The molecule has 0 aromatic heterocycles. The molecule has 0 radical (unpaired) electrons. The van der Waals surface area contributed by atoms with Crippen LogP contribution in [0.15, 0.2) is 60.7 Å². The van der Waals surface area contributed by atoms with E-state index in [2.05, 4.69) is 6.58 Å². The van der Waals surface area contributed by atoms with E-state index < -0.39 is 0 Å². The van der Waals surface area contributed by atoms with Crippen LogP contribution in [0.5, 0.6) is 5.75 Å². The summed E-state index contributed by atoms with van der Waals surface area (Å²) in [6.45, 7) is 5.71. The molecule has 0 aliphatic carbocycles. The third kappa shape index (κ3) is 4.94. The van der Waals surface area contributed by atoms with E-state index in [1.165, 1.54) is 0 Å². The number of allylic oxidation sites excluding steroid dienone is 4. The summed E-state index contributed by atoms with van der Waals surface area (Å²) in [5.74, 6) is 0.685. The van der Waals surface area contributed by atoms with Crippen LogP contribution in [0.3, 0.4) is 0 Å². The Labute approximate surface area is 114 Å². The number of nitrogens with one attached hydrogen (secondary N) is 1. The molecule has 0 unspecified atom stereocenters. The molecular formula is C16H19NO2. The number of aliphatic hydroxyl groups is 1. The third-order valence-corrected chi connectivity index (χ3v) is 2.56. The van der Waals surface area contributed by atoms with Crippen molar-refractivity contribution in [3.8, 4) is 5.75 Å². The van der Waals surface area contributed by atoms with Crippen LogP contribution >= 0.6 is 0 Å². The Balaban J connectivity index is 2.57. The number of hydrogen-bond donors (Lipinski definition) is 2. The third-order valence-electron chi connectivity index (χ3n) is 2.56. The summed E-state index contributed by atoms with van der Waals surface area (Å²) in [5.41, 5.74) is 2.06. The maximum Gasteiger partial charge on any atom is 0.130 e. The van der Waals surface area contributed by atoms with E-state index in [0.29, 0.717) is 11.5 Å². The second-order valence-corrected chi connectivity index (χ2v) is 3.91. The molecular weight excluding hydrogens is 238 g/mol. The predicted octanol–water partition coefficient (Wildman–Crippen LogP) is 3.27. The number of rotatable bonds is 7. The van der Waals surface area contributed by atoms with E-state index in [0.717, 1.165) is 11.1 Å². The normalized spacial score (nSPS) is 11.6. The van der Waals surface area contributed by atoms with Crippen molar-refractivity contribution >= 4 is 5.71 Å². The molecule has 0 saturated heterocycles. The van der Waals surface area contributed by atoms with Crippen LogP contribution in [-0.2, 0) is 6.61 Å². The van der Waals surface area contributed by atoms with Crippen molar-refractivity contribution in [2.45, 2.75) is 13.5 Å². The first-order chi connectivity index (χ1) is 9.21. The maximum absolute atomic E-state index is 8.94. The number of aliphatic hydroxyl groups excluding tert-OH is 1. The Kier molecular flexibility index (Phi) is 6.33. The summed E-state index contributed by atoms with van der Waals surface area (Å²) in [7, 11) is 0. The van der Waals surface area contributed by atoms with Crippen molar-refractivity contribution in [3.63, 3.8) is 0 Å². The molecule has 2 N–H and O–H groups in total. The second kappa shape index (κ2) is 8.06. The number of ether oxygens (including phenoxy) is 1. The average molecular weight is 257 g/mol. The van der Waals surface area contributed by atoms with Gasteiger partial charge in [0.15, 0.2) is 0 Å². The smallest absolute Gasteiger partial charge is 0.130 e. The maximum atomic E-state index is 8.94. The summed E-state index contributed by atoms with van der Waals surface area (Å²) in [5, 5.41) is 16.9. The summed E-state index contributed by atoms with van der Waals surface area (Å²) in [6.07, 6.45) is 7.15. The van der Waals surface area contributed by atoms with E-state index in [4.69, 9.17) is 15.3 Å². The van der Waals surface area contributed by atoms with Crippen LogP contribution < -0.4 is 4.74 Å². The van der Waals surface area contributed by atoms with Gasteiger partial charge in [-0.25, -0.2) is 0 Å². The van der Waals surface area contributed by atoms with Crippen molar-refractivity contribution < 1.29 is 9.84 Å². The molecule has 0 aliphatic heterocycles. The molecule has 1 aromatic rings. The van der Waals surface area contributed by atoms with E-state index in [1.54, 1.807) is 36.4 Å². The topological polar surface area (TPSA) is 53.3 Å². The van der Waals surface area contributed by atoms with Gasteiger partial charge >= 0.3 is 0 Å². The summed E-state index contributed by atoms with van der Waals surface area (Å²) >= 11 is 0. The molecule has 0 bridgehead atoms. The lowest BCUT2D eigenvalue weighted by Crippen LogP contribution is -2.11. The highest BCUT2D eigenvalue weighted by atomic mass is 16.5. The number of benzene rings is 1. The van der Waals surface area contributed by atoms with Crippen molar-refractivity contribution in [1.82, 2.24) is 0 Å². The SMILES string of the molecule is C=CC=CC(=CC)C(=N)COc1ccc(CO)cc1. The van der Waals surface area contributed by atoms with Gasteiger partial charge in [-0.3, -0.25) is 0 Å². The number of hydrogen-bond acceptors (Lipinski definition) is 3. The molecule has 19 heavy (non-hydrogen) atoms. The van der Waals surface area contributed by atoms with Gasteiger partial charge in [0.25, 0.3) is 0 Å². The fourth-order valence-corrected chi connectivity index (χ4v) is 1.47. The molecule has 0 heterocycles. The first-order valence-electron chi connectivity index (χ1n) is 6.07. The molecule has 0 saturated carbocycles. The largest absolute Gasteiger partial charge is 0.487 e. The van der Waals surface area contributed by atoms with Crippen LogP contribution in [0.1, 0.15) is 12.5 Å². The highest BCUT2D eigenvalue weighted by Crippen LogP contribution is 2.12. The fraction of sp³-hybridized carbons (Fsp3) is 0.188. The average Bonchev–Trinajstić information content (AvgIpc) is 2.46. The van der Waals surface area contributed by atoms with E-state index in [-0.39, 0.29) is 13.2 Å². The van der Waals surface area contributed by atoms with Gasteiger partial charge in [0.2, 0.25) is 0 Å². The van der Waals surface area contributed by atoms with Crippen molar-refractivity contribution in [2.75, 3.05) is 6.61 Å². The second-order valence-electron chi connectivity index (χ2n) is 3.91. The minimum atomic E-state index is 0.0190. The highest BCUT2D eigenvalue weighted by Gasteiger charge is 2.02. The Morgan fingerprint density at radius 2 is 2.05 bits per heavy atom. The summed E-state index contributed by atoms with van der Waals surface area (Å²) in [4.78, 5) is 0. The van der Waals surface area contributed by atoms with Crippen molar-refractivity contribution in [1.29, 1.82) is 5.41 Å². The Hall–Kier alpha value is -2.13. The van der Waals surface area contributed by atoms with Crippen LogP contribution in [-0.4, -0.2) is 17.4 Å². The van der Waals surface area contributed by atoms with Crippen LogP contribution in [0, 0.1) is 5.41 Å². The predicted molar refractivity (Wildman–Crippen MR) is 78.7 cm³/mol.